The van der Waals surface area contributed by atoms with Gasteiger partial charge in [-0.3, -0.25) is 4.79 Å². The molecular weight excluding hydrogens is 369 g/mol. The summed E-state index contributed by atoms with van der Waals surface area (Å²) in [6, 6.07) is 9.47. The maximum atomic E-state index is 13.4. The van der Waals surface area contributed by atoms with Crippen molar-refractivity contribution in [2.75, 3.05) is 19.6 Å². The molecule has 3 rings (SSSR count). The average molecular weight is 392 g/mol. The normalized spacial score (nSPS) is 17.9. The standard InChI is InChI=1S/C21H23F3N2O2/c1-14(27)25-21(16-3-5-17(22)6-4-16)8-10-26(11-9-21)13-20(28)15-2-7-18(23)19(24)12-15/h2-7,12,20,28H,8-11,13H2,1H3,(H,25,27). The van der Waals surface area contributed by atoms with E-state index in [1.807, 2.05) is 4.90 Å². The van der Waals surface area contributed by atoms with Crippen molar-refractivity contribution >= 4 is 5.91 Å². The molecule has 0 radical (unpaired) electrons. The Bertz CT molecular complexity index is 834. The smallest absolute Gasteiger partial charge is 0.217 e. The van der Waals surface area contributed by atoms with E-state index < -0.39 is 23.3 Å². The van der Waals surface area contributed by atoms with Gasteiger partial charge in [0.2, 0.25) is 5.91 Å². The first kappa shape index (κ1) is 20.4. The molecule has 150 valence electrons. The van der Waals surface area contributed by atoms with Gasteiger partial charge in [0, 0.05) is 26.6 Å². The van der Waals surface area contributed by atoms with Crippen LogP contribution < -0.4 is 5.32 Å². The van der Waals surface area contributed by atoms with Crippen molar-refractivity contribution in [3.05, 3.63) is 71.0 Å². The summed E-state index contributed by atoms with van der Waals surface area (Å²) in [5.74, 6) is -2.45. The van der Waals surface area contributed by atoms with Crippen molar-refractivity contribution < 1.29 is 23.1 Å². The molecule has 7 heteroatoms. The van der Waals surface area contributed by atoms with Gasteiger partial charge in [-0.15, -0.1) is 0 Å². The lowest BCUT2D eigenvalue weighted by Gasteiger charge is -2.43. The fraction of sp³-hybridized carbons (Fsp3) is 0.381. The fourth-order valence-corrected chi connectivity index (χ4v) is 3.78. The maximum Gasteiger partial charge on any atom is 0.217 e. The van der Waals surface area contributed by atoms with E-state index in [0.717, 1.165) is 17.7 Å². The molecule has 0 aliphatic carbocycles. The molecule has 2 N–H and O–H groups in total. The molecule has 28 heavy (non-hydrogen) atoms. The minimum absolute atomic E-state index is 0.167. The van der Waals surface area contributed by atoms with Crippen molar-refractivity contribution in [2.24, 2.45) is 0 Å². The zero-order valence-electron chi connectivity index (χ0n) is 15.6. The maximum absolute atomic E-state index is 13.4. The number of likely N-dealkylation sites (tertiary alicyclic amines) is 1. The van der Waals surface area contributed by atoms with E-state index in [1.54, 1.807) is 12.1 Å². The summed E-state index contributed by atoms with van der Waals surface area (Å²) in [6.07, 6.45) is 0.222. The van der Waals surface area contributed by atoms with Crippen molar-refractivity contribution in [3.63, 3.8) is 0 Å². The van der Waals surface area contributed by atoms with E-state index in [-0.39, 0.29) is 18.3 Å². The second-order valence-corrected chi connectivity index (χ2v) is 7.26. The van der Waals surface area contributed by atoms with Gasteiger partial charge >= 0.3 is 0 Å². The van der Waals surface area contributed by atoms with Crippen LogP contribution in [-0.2, 0) is 10.3 Å². The summed E-state index contributed by atoms with van der Waals surface area (Å²) < 4.78 is 39.7. The Morgan fingerprint density at radius 3 is 2.32 bits per heavy atom. The summed E-state index contributed by atoms with van der Waals surface area (Å²) in [5.41, 5.74) is 0.559. The highest BCUT2D eigenvalue weighted by molar-refractivity contribution is 5.74. The molecule has 0 saturated carbocycles. The molecule has 1 amide bonds. The third-order valence-electron chi connectivity index (χ3n) is 5.28. The SMILES string of the molecule is CC(=O)NC1(c2ccc(F)cc2)CCN(CC(O)c2ccc(F)c(F)c2)CC1. The van der Waals surface area contributed by atoms with Crippen molar-refractivity contribution in [1.29, 1.82) is 0 Å². The number of halogens is 3. The van der Waals surface area contributed by atoms with Crippen LogP contribution in [0.15, 0.2) is 42.5 Å². The molecule has 1 heterocycles. The number of nitrogens with one attached hydrogen (secondary N) is 1. The summed E-state index contributed by atoms with van der Waals surface area (Å²) >= 11 is 0. The predicted octanol–water partition coefficient (Wildman–Crippen LogP) is 3.26. The first-order chi connectivity index (χ1) is 13.3. The number of aliphatic hydroxyl groups excluding tert-OH is 1. The van der Waals surface area contributed by atoms with Gasteiger partial charge in [-0.25, -0.2) is 13.2 Å². The van der Waals surface area contributed by atoms with Gasteiger partial charge in [0.25, 0.3) is 0 Å². The Morgan fingerprint density at radius 1 is 1.11 bits per heavy atom. The number of β-amino-alcohol motifs (C(OH)–C–C–N with tert-alkyl or cyclic N) is 1. The lowest BCUT2D eigenvalue weighted by atomic mass is 9.80. The van der Waals surface area contributed by atoms with Crippen molar-refractivity contribution in [1.82, 2.24) is 10.2 Å². The molecule has 4 nitrogen and oxygen atoms in total. The molecule has 1 aliphatic heterocycles. The number of carbonyl (C=O) groups is 1. The van der Waals surface area contributed by atoms with E-state index in [1.165, 1.54) is 25.1 Å². The van der Waals surface area contributed by atoms with Gasteiger partial charge in [0.05, 0.1) is 11.6 Å². The number of hydrogen-bond donors (Lipinski definition) is 2. The fourth-order valence-electron chi connectivity index (χ4n) is 3.78. The Labute approximate surface area is 162 Å². The topological polar surface area (TPSA) is 52.6 Å². The molecule has 1 aliphatic rings. The third-order valence-corrected chi connectivity index (χ3v) is 5.28. The summed E-state index contributed by atoms with van der Waals surface area (Å²) in [7, 11) is 0. The van der Waals surface area contributed by atoms with Crippen LogP contribution in [0.25, 0.3) is 0 Å². The van der Waals surface area contributed by atoms with Gasteiger partial charge in [-0.1, -0.05) is 18.2 Å². The zero-order chi connectivity index (χ0) is 20.3. The minimum Gasteiger partial charge on any atom is -0.387 e. The number of aliphatic hydroxyl groups is 1. The van der Waals surface area contributed by atoms with Gasteiger partial charge in [-0.2, -0.15) is 0 Å². The van der Waals surface area contributed by atoms with E-state index in [2.05, 4.69) is 5.32 Å². The monoisotopic (exact) mass is 392 g/mol. The van der Waals surface area contributed by atoms with Crippen molar-refractivity contribution in [3.8, 4) is 0 Å². The van der Waals surface area contributed by atoms with E-state index in [4.69, 9.17) is 0 Å². The Kier molecular flexibility index (Phi) is 6.05. The van der Waals surface area contributed by atoms with Crippen LogP contribution in [0.1, 0.15) is 37.0 Å². The van der Waals surface area contributed by atoms with Gasteiger partial charge in [-0.05, 0) is 48.2 Å². The van der Waals surface area contributed by atoms with Crippen LogP contribution in [0.3, 0.4) is 0 Å². The van der Waals surface area contributed by atoms with Crippen LogP contribution in [0.5, 0.6) is 0 Å². The molecule has 0 aromatic heterocycles. The van der Waals surface area contributed by atoms with Crippen molar-refractivity contribution in [2.45, 2.75) is 31.4 Å². The molecule has 2 aromatic carbocycles. The number of piperidine rings is 1. The van der Waals surface area contributed by atoms with Gasteiger partial charge in [0.15, 0.2) is 11.6 Å². The molecule has 1 atom stereocenters. The minimum atomic E-state index is -0.990. The second kappa shape index (κ2) is 8.32. The number of rotatable bonds is 5. The Hall–Kier alpha value is -2.38. The second-order valence-electron chi connectivity index (χ2n) is 7.26. The lowest BCUT2D eigenvalue weighted by Crippen LogP contribution is -2.53. The third kappa shape index (κ3) is 4.54. The lowest BCUT2D eigenvalue weighted by molar-refractivity contribution is -0.121. The van der Waals surface area contributed by atoms with Gasteiger partial charge in [0.1, 0.15) is 5.82 Å². The molecule has 1 saturated heterocycles. The Morgan fingerprint density at radius 2 is 1.75 bits per heavy atom. The number of nitrogens with zero attached hydrogens (tertiary/aromatic N) is 1. The molecule has 1 unspecified atom stereocenters. The number of hydrogen-bond acceptors (Lipinski definition) is 3. The highest BCUT2D eigenvalue weighted by atomic mass is 19.2. The van der Waals surface area contributed by atoms with Crippen LogP contribution in [0.2, 0.25) is 0 Å². The van der Waals surface area contributed by atoms with Gasteiger partial charge < -0.3 is 15.3 Å². The highest BCUT2D eigenvalue weighted by Crippen LogP contribution is 2.34. The summed E-state index contributed by atoms with van der Waals surface area (Å²) in [6.45, 7) is 2.88. The van der Waals surface area contributed by atoms with E-state index >= 15 is 0 Å². The highest BCUT2D eigenvalue weighted by Gasteiger charge is 2.37. The molecular formula is C21H23F3N2O2. The predicted molar refractivity (Wildman–Crippen MR) is 98.9 cm³/mol. The summed E-state index contributed by atoms with van der Waals surface area (Å²) in [5, 5.41) is 13.4. The van der Waals surface area contributed by atoms with Crippen LogP contribution in [0, 0.1) is 17.5 Å². The van der Waals surface area contributed by atoms with Crippen LogP contribution in [0.4, 0.5) is 13.2 Å². The Balaban J connectivity index is 1.69. The van der Waals surface area contributed by atoms with Crippen LogP contribution >= 0.6 is 0 Å². The van der Waals surface area contributed by atoms with E-state index in [0.29, 0.717) is 31.5 Å². The largest absolute Gasteiger partial charge is 0.387 e. The van der Waals surface area contributed by atoms with Crippen LogP contribution in [-0.4, -0.2) is 35.5 Å². The first-order valence-corrected chi connectivity index (χ1v) is 9.19. The number of amides is 1. The molecule has 1 fully saturated rings. The summed E-state index contributed by atoms with van der Waals surface area (Å²) in [4.78, 5) is 13.8. The number of benzene rings is 2. The average Bonchev–Trinajstić information content (AvgIpc) is 2.65. The molecule has 2 aromatic rings. The van der Waals surface area contributed by atoms with E-state index in [9.17, 15) is 23.1 Å². The molecule has 0 spiro atoms. The molecule has 0 bridgehead atoms. The first-order valence-electron chi connectivity index (χ1n) is 9.19. The zero-order valence-corrected chi connectivity index (χ0v) is 15.6. The quantitative estimate of drug-likeness (QED) is 0.821. The number of carbonyl (C=O) groups excluding carboxylic acids is 1.